The van der Waals surface area contributed by atoms with Gasteiger partial charge >= 0.3 is 5.69 Å². The molecular weight excluding hydrogens is 386 g/mol. The smallest absolute Gasteiger partial charge is 0.310 e. The molecule has 2 heterocycles. The number of nitro benzene ring substituents is 1. The van der Waals surface area contributed by atoms with Crippen LogP contribution in [0.4, 0.5) is 11.4 Å². The minimum atomic E-state index is -0.777. The van der Waals surface area contributed by atoms with Gasteiger partial charge in [-0.05, 0) is 37.6 Å². The SMILES string of the molecule is Cc1cc(C)c2c(N)c(C(=O)NNC(=O)c3ccc([N+](=O)[O-])c(O)c3)sc2n1. The van der Waals surface area contributed by atoms with Gasteiger partial charge in [0.05, 0.1) is 10.6 Å². The normalized spacial score (nSPS) is 10.6. The third-order valence-electron chi connectivity index (χ3n) is 3.95. The van der Waals surface area contributed by atoms with Crippen LogP contribution in [0.15, 0.2) is 24.3 Å². The number of phenols is 1. The lowest BCUT2D eigenvalue weighted by atomic mass is 10.1. The number of nitrogens with zero attached hydrogens (tertiary/aromatic N) is 2. The number of hydrogen-bond donors (Lipinski definition) is 4. The van der Waals surface area contributed by atoms with Crippen molar-refractivity contribution < 1.29 is 19.6 Å². The summed E-state index contributed by atoms with van der Waals surface area (Å²) in [5.41, 5.74) is 11.8. The van der Waals surface area contributed by atoms with Crippen molar-refractivity contribution in [3.8, 4) is 5.75 Å². The molecule has 10 nitrogen and oxygen atoms in total. The Morgan fingerprint density at radius 3 is 2.54 bits per heavy atom. The first-order chi connectivity index (χ1) is 13.2. The van der Waals surface area contributed by atoms with Crippen LogP contribution in [0.3, 0.4) is 0 Å². The zero-order valence-corrected chi connectivity index (χ0v) is 15.6. The molecule has 0 spiro atoms. The van der Waals surface area contributed by atoms with E-state index < -0.39 is 28.2 Å². The maximum atomic E-state index is 12.4. The van der Waals surface area contributed by atoms with E-state index in [1.165, 1.54) is 0 Å². The summed E-state index contributed by atoms with van der Waals surface area (Å²) in [5.74, 6) is -2.05. The van der Waals surface area contributed by atoms with Gasteiger partial charge in [0, 0.05) is 22.7 Å². The van der Waals surface area contributed by atoms with E-state index in [0.29, 0.717) is 10.2 Å². The number of nitrogens with two attached hydrogens (primary N) is 1. The first-order valence-corrected chi connectivity index (χ1v) is 8.75. The molecule has 2 aromatic heterocycles. The Kier molecular flexibility index (Phi) is 4.84. The molecule has 0 aliphatic heterocycles. The lowest BCUT2D eigenvalue weighted by Crippen LogP contribution is -2.41. The number of aryl methyl sites for hydroxylation is 2. The number of fused-ring (bicyclic) bond motifs is 1. The van der Waals surface area contributed by atoms with Crippen molar-refractivity contribution in [2.75, 3.05) is 5.73 Å². The van der Waals surface area contributed by atoms with Crippen molar-refractivity contribution >= 4 is 44.7 Å². The Hall–Kier alpha value is -3.73. The predicted octanol–water partition coefficient (Wildman–Crippen LogP) is 2.18. The fourth-order valence-electron chi connectivity index (χ4n) is 2.70. The fraction of sp³-hybridized carbons (Fsp3) is 0.118. The zero-order valence-electron chi connectivity index (χ0n) is 14.8. The van der Waals surface area contributed by atoms with Crippen molar-refractivity contribution in [2.45, 2.75) is 13.8 Å². The zero-order chi connectivity index (χ0) is 20.6. The summed E-state index contributed by atoms with van der Waals surface area (Å²) in [7, 11) is 0. The number of phenolic OH excluding ortho intramolecular Hbond substituents is 1. The number of aromatic nitrogens is 1. The monoisotopic (exact) mass is 401 g/mol. The molecule has 1 aromatic carbocycles. The molecule has 0 unspecified atom stereocenters. The Bertz CT molecular complexity index is 1140. The Morgan fingerprint density at radius 1 is 1.21 bits per heavy atom. The Morgan fingerprint density at radius 2 is 1.89 bits per heavy atom. The summed E-state index contributed by atoms with van der Waals surface area (Å²) >= 11 is 1.10. The number of carbonyl (C=O) groups is 2. The molecule has 0 aliphatic carbocycles. The molecule has 0 saturated carbocycles. The van der Waals surface area contributed by atoms with E-state index in [1.807, 2.05) is 19.9 Å². The van der Waals surface area contributed by atoms with Crippen molar-refractivity contribution in [3.63, 3.8) is 0 Å². The second-order valence-corrected chi connectivity index (χ2v) is 6.97. The average molecular weight is 401 g/mol. The summed E-state index contributed by atoms with van der Waals surface area (Å²) in [4.78, 5) is 39.6. The molecule has 28 heavy (non-hydrogen) atoms. The quantitative estimate of drug-likeness (QED) is 0.386. The molecule has 144 valence electrons. The lowest BCUT2D eigenvalue weighted by Gasteiger charge is -2.07. The number of carbonyl (C=O) groups excluding carboxylic acids is 2. The molecule has 3 aromatic rings. The van der Waals surface area contributed by atoms with Gasteiger partial charge in [-0.1, -0.05) is 0 Å². The largest absolute Gasteiger partial charge is 0.502 e. The molecule has 0 aliphatic rings. The van der Waals surface area contributed by atoms with Gasteiger partial charge in [0.15, 0.2) is 5.75 Å². The molecule has 0 radical (unpaired) electrons. The van der Waals surface area contributed by atoms with Gasteiger partial charge in [0.2, 0.25) is 0 Å². The summed E-state index contributed by atoms with van der Waals surface area (Å²) in [6.45, 7) is 3.70. The fourth-order valence-corrected chi connectivity index (χ4v) is 3.81. The maximum absolute atomic E-state index is 12.4. The van der Waals surface area contributed by atoms with Gasteiger partial charge in [0.25, 0.3) is 11.8 Å². The number of thiophene rings is 1. The third-order valence-corrected chi connectivity index (χ3v) is 5.05. The molecular formula is C17H15N5O5S. The molecule has 0 bridgehead atoms. The lowest BCUT2D eigenvalue weighted by molar-refractivity contribution is -0.385. The number of benzene rings is 1. The first-order valence-electron chi connectivity index (χ1n) is 7.93. The number of hydrazine groups is 1. The predicted molar refractivity (Wildman–Crippen MR) is 103 cm³/mol. The number of nitrogens with one attached hydrogen (secondary N) is 2. The molecule has 11 heteroatoms. The Labute approximate surface area is 162 Å². The second kappa shape index (κ2) is 7.12. The van der Waals surface area contributed by atoms with Crippen molar-refractivity contribution in [2.24, 2.45) is 0 Å². The number of anilines is 1. The highest BCUT2D eigenvalue weighted by molar-refractivity contribution is 7.21. The van der Waals surface area contributed by atoms with Crippen molar-refractivity contribution in [3.05, 3.63) is 56.1 Å². The summed E-state index contributed by atoms with van der Waals surface area (Å²) in [5, 5.41) is 21.0. The van der Waals surface area contributed by atoms with Crippen LogP contribution in [-0.2, 0) is 0 Å². The Balaban J connectivity index is 1.77. The number of hydrogen-bond acceptors (Lipinski definition) is 8. The number of nitrogen functional groups attached to an aromatic ring is 1. The number of amides is 2. The van der Waals surface area contributed by atoms with E-state index in [4.69, 9.17) is 5.73 Å². The minimum Gasteiger partial charge on any atom is -0.502 e. The van der Waals surface area contributed by atoms with Crippen LogP contribution in [0.1, 0.15) is 31.3 Å². The molecule has 0 atom stereocenters. The summed E-state index contributed by atoms with van der Waals surface area (Å²) in [6.07, 6.45) is 0. The van der Waals surface area contributed by atoms with Crippen LogP contribution in [-0.4, -0.2) is 26.8 Å². The van der Waals surface area contributed by atoms with E-state index in [2.05, 4.69) is 15.8 Å². The van der Waals surface area contributed by atoms with Crippen LogP contribution in [0.25, 0.3) is 10.2 Å². The van der Waals surface area contributed by atoms with Crippen LogP contribution in [0.2, 0.25) is 0 Å². The van der Waals surface area contributed by atoms with Crippen LogP contribution in [0.5, 0.6) is 5.75 Å². The molecule has 0 fully saturated rings. The average Bonchev–Trinajstić information content (AvgIpc) is 2.95. The van der Waals surface area contributed by atoms with Gasteiger partial charge in [-0.25, -0.2) is 4.98 Å². The molecule has 0 saturated heterocycles. The van der Waals surface area contributed by atoms with E-state index in [0.717, 1.165) is 40.8 Å². The van der Waals surface area contributed by atoms with Crippen LogP contribution >= 0.6 is 11.3 Å². The third kappa shape index (κ3) is 3.42. The van der Waals surface area contributed by atoms with Gasteiger partial charge < -0.3 is 10.8 Å². The first kappa shape index (κ1) is 19.0. The molecule has 2 amide bonds. The van der Waals surface area contributed by atoms with E-state index in [1.54, 1.807) is 0 Å². The van der Waals surface area contributed by atoms with E-state index in [-0.39, 0.29) is 16.1 Å². The van der Waals surface area contributed by atoms with Crippen molar-refractivity contribution in [1.29, 1.82) is 0 Å². The number of rotatable bonds is 3. The highest BCUT2D eigenvalue weighted by Crippen LogP contribution is 2.34. The maximum Gasteiger partial charge on any atom is 0.310 e. The van der Waals surface area contributed by atoms with Crippen LogP contribution in [0, 0.1) is 24.0 Å². The van der Waals surface area contributed by atoms with Gasteiger partial charge in [-0.3, -0.25) is 30.6 Å². The number of pyridine rings is 1. The van der Waals surface area contributed by atoms with E-state index in [9.17, 15) is 24.8 Å². The van der Waals surface area contributed by atoms with Gasteiger partial charge in [-0.15, -0.1) is 11.3 Å². The standard InChI is InChI=1S/C17H15N5O5S/c1-7-5-8(2)19-17-12(7)13(18)14(28-17)16(25)21-20-15(24)9-3-4-10(22(26)27)11(23)6-9/h3-6,23H,18H2,1-2H3,(H,20,24)(H,21,25). The minimum absolute atomic E-state index is 0.0687. The van der Waals surface area contributed by atoms with Crippen molar-refractivity contribution in [1.82, 2.24) is 15.8 Å². The summed E-state index contributed by atoms with van der Waals surface area (Å²) < 4.78 is 0. The second-order valence-electron chi connectivity index (χ2n) is 5.97. The highest BCUT2D eigenvalue weighted by Gasteiger charge is 2.20. The molecule has 5 N–H and O–H groups in total. The van der Waals surface area contributed by atoms with Crippen LogP contribution < -0.4 is 16.6 Å². The number of nitro groups is 1. The topological polar surface area (TPSA) is 160 Å². The van der Waals surface area contributed by atoms with Gasteiger partial charge in [-0.2, -0.15) is 0 Å². The molecule has 3 rings (SSSR count). The summed E-state index contributed by atoms with van der Waals surface area (Å²) in [6, 6.07) is 4.94. The van der Waals surface area contributed by atoms with E-state index >= 15 is 0 Å². The van der Waals surface area contributed by atoms with Gasteiger partial charge in [0.1, 0.15) is 9.71 Å². The number of aromatic hydroxyl groups is 1. The highest BCUT2D eigenvalue weighted by atomic mass is 32.1.